The first-order valence-electron chi connectivity index (χ1n) is 14.9. The summed E-state index contributed by atoms with van der Waals surface area (Å²) < 4.78 is 86.0. The van der Waals surface area contributed by atoms with Gasteiger partial charge >= 0.3 is 12.4 Å². The molecule has 0 aliphatic carbocycles. The molecule has 234 valence electrons. The first kappa shape index (κ1) is 32.9. The molecule has 1 atom stereocenters. The second kappa shape index (κ2) is 14.6. The van der Waals surface area contributed by atoms with Crippen molar-refractivity contribution in [3.8, 4) is 5.75 Å². The fraction of sp³-hybridized carbons (Fsp3) is 0.471. The first-order valence-corrected chi connectivity index (χ1v) is 14.9. The highest BCUT2D eigenvalue weighted by Crippen LogP contribution is 2.34. The van der Waals surface area contributed by atoms with Crippen LogP contribution in [0.1, 0.15) is 53.6 Å². The molecule has 4 rings (SSSR count). The minimum absolute atomic E-state index is 0.0322. The summed E-state index contributed by atoms with van der Waals surface area (Å²) in [5.74, 6) is 0.0972. The number of rotatable bonds is 12. The smallest absolute Gasteiger partial charge is 0.416 e. The summed E-state index contributed by atoms with van der Waals surface area (Å²) in [6, 6.07) is 16.8. The topological polar surface area (TPSA) is 15.7 Å². The number of piperazine rings is 1. The Morgan fingerprint density at radius 2 is 1.35 bits per heavy atom. The zero-order valence-electron chi connectivity index (χ0n) is 24.8. The van der Waals surface area contributed by atoms with E-state index in [-0.39, 0.29) is 18.3 Å². The van der Waals surface area contributed by atoms with Crippen LogP contribution >= 0.6 is 0 Å². The van der Waals surface area contributed by atoms with Gasteiger partial charge in [0, 0.05) is 32.7 Å². The summed E-state index contributed by atoms with van der Waals surface area (Å²) in [5.41, 5.74) is 1.68. The number of ether oxygens (including phenoxy) is 1. The molecule has 0 saturated carbocycles. The quantitative estimate of drug-likeness (QED) is 0.193. The molecule has 0 bridgehead atoms. The van der Waals surface area contributed by atoms with Crippen molar-refractivity contribution in [2.75, 3.05) is 39.3 Å². The van der Waals surface area contributed by atoms with Crippen molar-refractivity contribution in [3.63, 3.8) is 0 Å². The van der Waals surface area contributed by atoms with Gasteiger partial charge in [-0.3, -0.25) is 0 Å². The second-order valence-corrected chi connectivity index (χ2v) is 11.6. The fourth-order valence-electron chi connectivity index (χ4n) is 5.64. The highest BCUT2D eigenvalue weighted by Gasteiger charge is 2.33. The number of nitrogens with zero attached hydrogens (tertiary/aromatic N) is 2. The van der Waals surface area contributed by atoms with Gasteiger partial charge in [0.25, 0.3) is 0 Å². The van der Waals surface area contributed by atoms with Gasteiger partial charge in [0.15, 0.2) is 0 Å². The summed E-state index contributed by atoms with van der Waals surface area (Å²) in [4.78, 5) is 4.84. The lowest BCUT2D eigenvalue weighted by Crippen LogP contribution is -2.46. The van der Waals surface area contributed by atoms with Crippen LogP contribution in [0.25, 0.3) is 0 Å². The first-order chi connectivity index (χ1) is 20.4. The average Bonchev–Trinajstić information content (AvgIpc) is 2.96. The van der Waals surface area contributed by atoms with Gasteiger partial charge in [-0.15, -0.1) is 0 Å². The summed E-state index contributed by atoms with van der Waals surface area (Å²) in [5, 5.41) is 0. The monoisotopic (exact) mass is 606 g/mol. The van der Waals surface area contributed by atoms with Crippen molar-refractivity contribution < 1.29 is 31.1 Å². The van der Waals surface area contributed by atoms with Gasteiger partial charge < -0.3 is 14.5 Å². The molecule has 3 aromatic carbocycles. The second-order valence-electron chi connectivity index (χ2n) is 11.6. The molecule has 1 aliphatic rings. The van der Waals surface area contributed by atoms with Gasteiger partial charge in [-0.05, 0) is 84.7 Å². The molecule has 0 amide bonds. The predicted molar refractivity (Wildman–Crippen MR) is 157 cm³/mol. The van der Waals surface area contributed by atoms with Crippen molar-refractivity contribution >= 4 is 0 Å². The predicted octanol–water partition coefficient (Wildman–Crippen LogP) is 8.29. The maximum absolute atomic E-state index is 13.9. The van der Waals surface area contributed by atoms with Gasteiger partial charge in [0.1, 0.15) is 12.4 Å². The zero-order valence-corrected chi connectivity index (χ0v) is 24.8. The fourth-order valence-corrected chi connectivity index (χ4v) is 5.64. The molecule has 0 spiro atoms. The molecule has 1 aliphatic heterocycles. The molecule has 43 heavy (non-hydrogen) atoms. The lowest BCUT2D eigenvalue weighted by Gasteiger charge is -2.34. The van der Waals surface area contributed by atoms with Crippen molar-refractivity contribution in [2.24, 2.45) is 5.92 Å². The van der Waals surface area contributed by atoms with Crippen LogP contribution in [0.15, 0.2) is 66.7 Å². The van der Waals surface area contributed by atoms with E-state index in [1.54, 1.807) is 12.1 Å². The van der Waals surface area contributed by atoms with Gasteiger partial charge in [-0.2, -0.15) is 26.3 Å². The molecule has 3 nitrogen and oxygen atoms in total. The van der Waals surface area contributed by atoms with Crippen LogP contribution in [0, 0.1) is 5.92 Å². The average molecular weight is 607 g/mol. The van der Waals surface area contributed by atoms with Crippen molar-refractivity contribution in [3.05, 3.63) is 100 Å². The lowest BCUT2D eigenvalue weighted by atomic mass is 9.90. The third-order valence-electron chi connectivity index (χ3n) is 7.94. The molecule has 3 aromatic rings. The van der Waals surface area contributed by atoms with Crippen molar-refractivity contribution in [1.82, 2.24) is 9.80 Å². The maximum atomic E-state index is 13.9. The third kappa shape index (κ3) is 10.00. The lowest BCUT2D eigenvalue weighted by molar-refractivity contribution is -0.138. The Morgan fingerprint density at radius 3 is 1.98 bits per heavy atom. The molecule has 1 heterocycles. The van der Waals surface area contributed by atoms with E-state index in [2.05, 4.69) is 16.7 Å². The van der Waals surface area contributed by atoms with Crippen LogP contribution in [0.2, 0.25) is 0 Å². The number of hydrogen-bond acceptors (Lipinski definition) is 3. The van der Waals surface area contributed by atoms with E-state index in [1.165, 1.54) is 18.2 Å². The van der Waals surface area contributed by atoms with Crippen LogP contribution in [-0.2, 0) is 38.2 Å². The standard InChI is InChI=1S/C34H40F6N2O/c1-3-14-41-16-18-42(19-17-41)15-13-27-11-12-32(34(38,39)40)29(22-27)21-25(2)20-26-7-9-28(10-8-26)24-43-31-6-4-5-30(23-31)33(35,36)37/h4-12,22-23,25H,3,13-21,24H2,1-2H3. The zero-order chi connectivity index (χ0) is 31.0. The summed E-state index contributed by atoms with van der Waals surface area (Å²) in [7, 11) is 0. The van der Waals surface area contributed by atoms with E-state index in [4.69, 9.17) is 4.74 Å². The van der Waals surface area contributed by atoms with E-state index in [0.717, 1.165) is 80.9 Å². The largest absolute Gasteiger partial charge is 0.489 e. The molecule has 0 radical (unpaired) electrons. The maximum Gasteiger partial charge on any atom is 0.416 e. The molecular formula is C34H40F6N2O. The molecule has 1 saturated heterocycles. The van der Waals surface area contributed by atoms with Gasteiger partial charge in [0.05, 0.1) is 11.1 Å². The summed E-state index contributed by atoms with van der Waals surface area (Å²) in [6.07, 6.45) is -6.10. The molecule has 9 heteroatoms. The van der Waals surface area contributed by atoms with E-state index < -0.39 is 23.5 Å². The Bertz CT molecular complexity index is 1300. The highest BCUT2D eigenvalue weighted by molar-refractivity contribution is 5.35. The molecular weight excluding hydrogens is 566 g/mol. The Kier molecular flexibility index (Phi) is 11.2. The van der Waals surface area contributed by atoms with Crippen LogP contribution in [0.5, 0.6) is 5.75 Å². The summed E-state index contributed by atoms with van der Waals surface area (Å²) >= 11 is 0. The Morgan fingerprint density at radius 1 is 0.721 bits per heavy atom. The van der Waals surface area contributed by atoms with Gasteiger partial charge in [-0.25, -0.2) is 0 Å². The normalized spacial score (nSPS) is 15.9. The van der Waals surface area contributed by atoms with E-state index in [1.807, 2.05) is 31.2 Å². The Labute approximate surface area is 250 Å². The van der Waals surface area contributed by atoms with Crippen molar-refractivity contribution in [1.29, 1.82) is 0 Å². The number of alkyl halides is 6. The minimum Gasteiger partial charge on any atom is -0.489 e. The number of halogens is 6. The highest BCUT2D eigenvalue weighted by atomic mass is 19.4. The minimum atomic E-state index is -4.44. The van der Waals surface area contributed by atoms with Crippen molar-refractivity contribution in [2.45, 2.75) is 58.5 Å². The van der Waals surface area contributed by atoms with E-state index >= 15 is 0 Å². The third-order valence-corrected chi connectivity index (χ3v) is 7.94. The SMILES string of the molecule is CCCN1CCN(CCc2ccc(C(F)(F)F)c(CC(C)Cc3ccc(COc4cccc(C(F)(F)F)c4)cc3)c2)CC1. The van der Waals surface area contributed by atoms with E-state index in [0.29, 0.717) is 18.4 Å². The molecule has 1 unspecified atom stereocenters. The summed E-state index contributed by atoms with van der Waals surface area (Å²) in [6.45, 7) is 10.2. The van der Waals surface area contributed by atoms with Crippen LogP contribution in [0.3, 0.4) is 0 Å². The Hall–Kier alpha value is -3.04. The molecule has 0 aromatic heterocycles. The van der Waals surface area contributed by atoms with Crippen LogP contribution in [0.4, 0.5) is 26.3 Å². The van der Waals surface area contributed by atoms with Crippen LogP contribution in [-0.4, -0.2) is 49.1 Å². The van der Waals surface area contributed by atoms with Crippen LogP contribution < -0.4 is 4.74 Å². The van der Waals surface area contributed by atoms with Gasteiger partial charge in [-0.1, -0.05) is 56.3 Å². The molecule has 0 N–H and O–H groups in total. The number of benzene rings is 3. The Balaban J connectivity index is 1.33. The van der Waals surface area contributed by atoms with E-state index in [9.17, 15) is 26.3 Å². The van der Waals surface area contributed by atoms with Gasteiger partial charge in [0.2, 0.25) is 0 Å². The molecule has 1 fully saturated rings. The number of hydrogen-bond donors (Lipinski definition) is 0.